The number of amides is 1. The van der Waals surface area contributed by atoms with Crippen molar-refractivity contribution in [2.24, 2.45) is 0 Å². The summed E-state index contributed by atoms with van der Waals surface area (Å²) in [6, 6.07) is 1.94. The van der Waals surface area contributed by atoms with Crippen molar-refractivity contribution in [3.8, 4) is 6.07 Å². The molecule has 4 heteroatoms. The van der Waals surface area contributed by atoms with E-state index in [1.807, 2.05) is 6.07 Å². The predicted molar refractivity (Wildman–Crippen MR) is 53.2 cm³/mol. The van der Waals surface area contributed by atoms with E-state index in [0.29, 0.717) is 0 Å². The van der Waals surface area contributed by atoms with E-state index in [2.05, 4.69) is 0 Å². The molecule has 4 nitrogen and oxygen atoms in total. The van der Waals surface area contributed by atoms with Crippen LogP contribution in [0.15, 0.2) is 11.8 Å². The molecule has 1 amide bonds. The van der Waals surface area contributed by atoms with Crippen LogP contribution in [0.4, 0.5) is 0 Å². The Hall–Kier alpha value is -1.50. The minimum atomic E-state index is -0.140. The van der Waals surface area contributed by atoms with Gasteiger partial charge in [-0.15, -0.1) is 0 Å². The summed E-state index contributed by atoms with van der Waals surface area (Å²) in [7, 11) is 3.60. The van der Waals surface area contributed by atoms with Gasteiger partial charge in [-0.2, -0.15) is 5.26 Å². The number of nitrogens with zero attached hydrogens (tertiary/aromatic N) is 3. The van der Waals surface area contributed by atoms with Crippen molar-refractivity contribution in [3.05, 3.63) is 11.8 Å². The zero-order valence-corrected chi connectivity index (χ0v) is 8.66. The van der Waals surface area contributed by atoms with Crippen molar-refractivity contribution >= 4 is 5.91 Å². The molecule has 1 aliphatic rings. The fraction of sp³-hybridized carbons (Fsp3) is 0.600. The van der Waals surface area contributed by atoms with E-state index >= 15 is 0 Å². The smallest absolute Gasteiger partial charge is 0.266 e. The summed E-state index contributed by atoms with van der Waals surface area (Å²) in [4.78, 5) is 15.2. The zero-order chi connectivity index (χ0) is 10.6. The molecule has 0 radical (unpaired) electrons. The Morgan fingerprint density at radius 1 is 1.43 bits per heavy atom. The lowest BCUT2D eigenvalue weighted by Crippen LogP contribution is -2.29. The molecule has 1 rings (SSSR count). The van der Waals surface area contributed by atoms with Gasteiger partial charge in [-0.05, 0) is 12.8 Å². The molecule has 1 aliphatic heterocycles. The first kappa shape index (κ1) is 10.6. The maximum absolute atomic E-state index is 11.7. The molecule has 0 saturated carbocycles. The van der Waals surface area contributed by atoms with Crippen LogP contribution < -0.4 is 0 Å². The second kappa shape index (κ2) is 4.66. The summed E-state index contributed by atoms with van der Waals surface area (Å²) < 4.78 is 0. The van der Waals surface area contributed by atoms with Crippen LogP contribution in [0.5, 0.6) is 0 Å². The van der Waals surface area contributed by atoms with Gasteiger partial charge in [0, 0.05) is 33.4 Å². The van der Waals surface area contributed by atoms with Crippen LogP contribution in [0, 0.1) is 11.3 Å². The van der Waals surface area contributed by atoms with Gasteiger partial charge in [-0.25, -0.2) is 0 Å². The Balaban J connectivity index is 2.70. The van der Waals surface area contributed by atoms with E-state index in [1.165, 1.54) is 0 Å². The highest BCUT2D eigenvalue weighted by molar-refractivity contribution is 5.97. The summed E-state index contributed by atoms with van der Waals surface area (Å²) in [6.07, 6.45) is 3.67. The molecule has 0 aromatic heterocycles. The highest BCUT2D eigenvalue weighted by atomic mass is 16.2. The molecule has 1 heterocycles. The van der Waals surface area contributed by atoms with Crippen LogP contribution in [-0.2, 0) is 4.79 Å². The second-order valence-electron chi connectivity index (χ2n) is 3.62. The van der Waals surface area contributed by atoms with Gasteiger partial charge in [-0.3, -0.25) is 4.79 Å². The van der Waals surface area contributed by atoms with E-state index in [-0.39, 0.29) is 11.5 Å². The molecule has 0 aromatic carbocycles. The third-order valence-corrected chi connectivity index (χ3v) is 2.13. The fourth-order valence-corrected chi connectivity index (χ4v) is 1.48. The standard InChI is InChI=1S/C10H15N3O/c1-12(2)8-9(7-11)10(14)13-5-3-4-6-13/h8H,3-6H2,1-2H3. The van der Waals surface area contributed by atoms with Crippen molar-refractivity contribution in [1.82, 2.24) is 9.80 Å². The van der Waals surface area contributed by atoms with Gasteiger partial charge in [0.2, 0.25) is 0 Å². The Morgan fingerprint density at radius 2 is 2.00 bits per heavy atom. The molecule has 1 fully saturated rings. The SMILES string of the molecule is CN(C)C=C(C#N)C(=O)N1CCCC1. The Morgan fingerprint density at radius 3 is 2.43 bits per heavy atom. The van der Waals surface area contributed by atoms with Crippen molar-refractivity contribution in [1.29, 1.82) is 5.26 Å². The summed E-state index contributed by atoms with van der Waals surface area (Å²) in [5, 5.41) is 8.81. The minimum Gasteiger partial charge on any atom is -0.382 e. The van der Waals surface area contributed by atoms with E-state index in [1.54, 1.807) is 30.1 Å². The van der Waals surface area contributed by atoms with Gasteiger partial charge in [0.1, 0.15) is 11.6 Å². The first-order chi connectivity index (χ1) is 6.65. The van der Waals surface area contributed by atoms with Crippen LogP contribution in [-0.4, -0.2) is 42.9 Å². The Labute approximate surface area is 84.4 Å². The van der Waals surface area contributed by atoms with Gasteiger partial charge >= 0.3 is 0 Å². The number of nitriles is 1. The monoisotopic (exact) mass is 193 g/mol. The maximum atomic E-state index is 11.7. The van der Waals surface area contributed by atoms with Gasteiger partial charge < -0.3 is 9.80 Å². The topological polar surface area (TPSA) is 47.3 Å². The first-order valence-electron chi connectivity index (χ1n) is 4.73. The summed E-state index contributed by atoms with van der Waals surface area (Å²) in [5.41, 5.74) is 0.219. The van der Waals surface area contributed by atoms with Gasteiger partial charge in [0.05, 0.1) is 0 Å². The average Bonchev–Trinajstić information content (AvgIpc) is 2.65. The summed E-state index contributed by atoms with van der Waals surface area (Å²) in [5.74, 6) is -0.140. The normalized spacial score (nSPS) is 16.6. The van der Waals surface area contributed by atoms with Crippen molar-refractivity contribution in [2.75, 3.05) is 27.2 Å². The maximum Gasteiger partial charge on any atom is 0.266 e. The first-order valence-corrected chi connectivity index (χ1v) is 4.73. The molecule has 76 valence electrons. The largest absolute Gasteiger partial charge is 0.382 e. The van der Waals surface area contributed by atoms with E-state index < -0.39 is 0 Å². The summed E-state index contributed by atoms with van der Waals surface area (Å²) >= 11 is 0. The third-order valence-electron chi connectivity index (χ3n) is 2.13. The van der Waals surface area contributed by atoms with Crippen molar-refractivity contribution in [2.45, 2.75) is 12.8 Å². The highest BCUT2D eigenvalue weighted by Gasteiger charge is 2.21. The molecule has 14 heavy (non-hydrogen) atoms. The van der Waals surface area contributed by atoms with Crippen LogP contribution in [0.1, 0.15) is 12.8 Å². The quantitative estimate of drug-likeness (QED) is 0.476. The molecule has 0 unspecified atom stereocenters. The van der Waals surface area contributed by atoms with Crippen LogP contribution in [0.25, 0.3) is 0 Å². The molecule has 0 aromatic rings. The van der Waals surface area contributed by atoms with Gasteiger partial charge in [-0.1, -0.05) is 0 Å². The molecular weight excluding hydrogens is 178 g/mol. The van der Waals surface area contributed by atoms with E-state index in [4.69, 9.17) is 5.26 Å². The van der Waals surface area contributed by atoms with Gasteiger partial charge in [0.25, 0.3) is 5.91 Å². The molecule has 0 aliphatic carbocycles. The molecule has 0 atom stereocenters. The second-order valence-corrected chi connectivity index (χ2v) is 3.62. The molecule has 0 spiro atoms. The molecule has 0 bridgehead atoms. The third kappa shape index (κ3) is 2.49. The Kier molecular flexibility index (Phi) is 3.52. The number of rotatable bonds is 2. The average molecular weight is 193 g/mol. The van der Waals surface area contributed by atoms with Crippen LogP contribution in [0.2, 0.25) is 0 Å². The molecule has 0 N–H and O–H groups in total. The lowest BCUT2D eigenvalue weighted by molar-refractivity contribution is -0.125. The highest BCUT2D eigenvalue weighted by Crippen LogP contribution is 2.11. The Bertz CT molecular complexity index is 282. The zero-order valence-electron chi connectivity index (χ0n) is 8.66. The van der Waals surface area contributed by atoms with Crippen LogP contribution in [0.3, 0.4) is 0 Å². The van der Waals surface area contributed by atoms with E-state index in [9.17, 15) is 4.79 Å². The summed E-state index contributed by atoms with van der Waals surface area (Å²) in [6.45, 7) is 1.57. The lowest BCUT2D eigenvalue weighted by Gasteiger charge is -2.15. The fourth-order valence-electron chi connectivity index (χ4n) is 1.48. The van der Waals surface area contributed by atoms with Crippen molar-refractivity contribution < 1.29 is 4.79 Å². The minimum absolute atomic E-state index is 0.140. The molecule has 1 saturated heterocycles. The van der Waals surface area contributed by atoms with E-state index in [0.717, 1.165) is 25.9 Å². The number of carbonyl (C=O) groups is 1. The van der Waals surface area contributed by atoms with Crippen LogP contribution >= 0.6 is 0 Å². The number of hydrogen-bond acceptors (Lipinski definition) is 3. The number of likely N-dealkylation sites (tertiary alicyclic amines) is 1. The van der Waals surface area contributed by atoms with Gasteiger partial charge in [0.15, 0.2) is 0 Å². The van der Waals surface area contributed by atoms with Crippen molar-refractivity contribution in [3.63, 3.8) is 0 Å². The predicted octanol–water partition coefficient (Wildman–Crippen LogP) is 0.578. The molecular formula is C10H15N3O. The lowest BCUT2D eigenvalue weighted by atomic mass is 10.3. The number of carbonyl (C=O) groups excluding carboxylic acids is 1. The number of hydrogen-bond donors (Lipinski definition) is 0.